The Bertz CT molecular complexity index is 996. The lowest BCUT2D eigenvalue weighted by Crippen LogP contribution is -2.65. The van der Waals surface area contributed by atoms with Gasteiger partial charge < -0.3 is 10.0 Å². The van der Waals surface area contributed by atoms with Crippen molar-refractivity contribution in [3.63, 3.8) is 0 Å². The molecule has 1 heterocycles. The van der Waals surface area contributed by atoms with E-state index < -0.39 is 6.04 Å². The zero-order valence-corrected chi connectivity index (χ0v) is 15.2. The third-order valence-electron chi connectivity index (χ3n) is 5.42. The lowest BCUT2D eigenvalue weighted by molar-refractivity contribution is -0.148. The van der Waals surface area contributed by atoms with Crippen LogP contribution in [0.3, 0.4) is 0 Å². The van der Waals surface area contributed by atoms with Gasteiger partial charge in [0.25, 0.3) is 0 Å². The van der Waals surface area contributed by atoms with Gasteiger partial charge in [-0.15, -0.1) is 0 Å². The summed E-state index contributed by atoms with van der Waals surface area (Å²) in [5.74, 6) is 5.18. The number of rotatable bonds is 3. The van der Waals surface area contributed by atoms with E-state index in [2.05, 4.69) is 17.9 Å². The summed E-state index contributed by atoms with van der Waals surface area (Å²) < 4.78 is 13.7. The van der Waals surface area contributed by atoms with Crippen molar-refractivity contribution < 1.29 is 14.3 Å². The van der Waals surface area contributed by atoms with Crippen molar-refractivity contribution in [2.24, 2.45) is 5.92 Å². The first-order valence-corrected chi connectivity index (χ1v) is 9.33. The molecule has 1 amide bonds. The van der Waals surface area contributed by atoms with Gasteiger partial charge in [-0.2, -0.15) is 5.26 Å². The predicted octanol–water partition coefficient (Wildman–Crippen LogP) is 2.81. The molecule has 140 valence electrons. The zero-order valence-electron chi connectivity index (χ0n) is 15.2. The van der Waals surface area contributed by atoms with Gasteiger partial charge in [0.05, 0.1) is 24.3 Å². The Labute approximate surface area is 163 Å². The Balaban J connectivity index is 1.53. The Morgan fingerprint density at radius 3 is 2.46 bits per heavy atom. The molecule has 5 heteroatoms. The quantitative estimate of drug-likeness (QED) is 0.841. The van der Waals surface area contributed by atoms with Gasteiger partial charge in [0.1, 0.15) is 11.9 Å². The van der Waals surface area contributed by atoms with Crippen molar-refractivity contribution in [3.8, 4) is 17.9 Å². The van der Waals surface area contributed by atoms with Gasteiger partial charge in [-0.3, -0.25) is 4.79 Å². The first-order chi connectivity index (χ1) is 13.6. The van der Waals surface area contributed by atoms with Gasteiger partial charge in [0.2, 0.25) is 5.91 Å². The van der Waals surface area contributed by atoms with E-state index in [1.165, 1.54) is 6.07 Å². The van der Waals surface area contributed by atoms with Crippen LogP contribution in [0, 0.1) is 34.9 Å². The number of amides is 1. The Morgan fingerprint density at radius 2 is 1.86 bits per heavy atom. The molecule has 3 atom stereocenters. The standard InChI is InChI=1S/C23H19FN2O2/c24-19-4-2-1-3-16(19)8-5-15-6-9-17(10-7-15)22-20(13-25)26(21(22)14-27)23(28)18-11-12-18/h1-4,6-7,9-10,18,20-22,27H,11-12,14H2/t20-,21+,22+/m1/s1. The third kappa shape index (κ3) is 3.26. The molecule has 1 saturated carbocycles. The second-order valence-corrected chi connectivity index (χ2v) is 7.22. The molecule has 2 aliphatic rings. The summed E-state index contributed by atoms with van der Waals surface area (Å²) in [6.45, 7) is -0.170. The highest BCUT2D eigenvalue weighted by Gasteiger charge is 2.53. The number of likely N-dealkylation sites (tertiary alicyclic amines) is 1. The number of halogens is 1. The molecule has 1 aliphatic carbocycles. The van der Waals surface area contributed by atoms with E-state index >= 15 is 0 Å². The van der Waals surface area contributed by atoms with Crippen LogP contribution < -0.4 is 0 Å². The maximum Gasteiger partial charge on any atom is 0.227 e. The fraction of sp³-hybridized carbons (Fsp3) is 0.304. The minimum Gasteiger partial charge on any atom is -0.394 e. The Hall–Kier alpha value is -3.15. The number of hydrogen-bond donors (Lipinski definition) is 1. The number of aliphatic hydroxyl groups is 1. The molecule has 4 nitrogen and oxygen atoms in total. The first kappa shape index (κ1) is 18.2. The molecule has 1 saturated heterocycles. The summed E-state index contributed by atoms with van der Waals surface area (Å²) in [4.78, 5) is 14.0. The van der Waals surface area contributed by atoms with Gasteiger partial charge in [-0.1, -0.05) is 36.1 Å². The zero-order chi connectivity index (χ0) is 19.7. The number of hydrogen-bond acceptors (Lipinski definition) is 3. The van der Waals surface area contributed by atoms with Crippen molar-refractivity contribution in [2.45, 2.75) is 30.8 Å². The molecule has 4 rings (SSSR count). The van der Waals surface area contributed by atoms with Crippen molar-refractivity contribution in [1.82, 2.24) is 4.90 Å². The summed E-state index contributed by atoms with van der Waals surface area (Å²) >= 11 is 0. The number of aliphatic hydroxyl groups excluding tert-OH is 1. The van der Waals surface area contributed by atoms with Gasteiger partial charge in [-0.25, -0.2) is 4.39 Å². The summed E-state index contributed by atoms with van der Waals surface area (Å²) in [6.07, 6.45) is 1.73. The molecular weight excluding hydrogens is 355 g/mol. The number of nitrogens with zero attached hydrogens (tertiary/aromatic N) is 2. The van der Waals surface area contributed by atoms with Gasteiger partial charge in [0.15, 0.2) is 0 Å². The summed E-state index contributed by atoms with van der Waals surface area (Å²) in [7, 11) is 0. The van der Waals surface area contributed by atoms with Crippen LogP contribution in [-0.2, 0) is 4.79 Å². The molecule has 2 aromatic carbocycles. The smallest absolute Gasteiger partial charge is 0.227 e. The molecule has 1 N–H and O–H groups in total. The van der Waals surface area contributed by atoms with E-state index in [4.69, 9.17) is 0 Å². The van der Waals surface area contributed by atoms with E-state index in [-0.39, 0.29) is 36.2 Å². The lowest BCUT2D eigenvalue weighted by atomic mass is 9.75. The van der Waals surface area contributed by atoms with E-state index in [0.29, 0.717) is 5.56 Å². The van der Waals surface area contributed by atoms with Crippen molar-refractivity contribution in [1.29, 1.82) is 5.26 Å². The number of benzene rings is 2. The predicted molar refractivity (Wildman–Crippen MR) is 101 cm³/mol. The number of carbonyl (C=O) groups is 1. The van der Waals surface area contributed by atoms with Gasteiger partial charge in [-0.05, 0) is 42.7 Å². The third-order valence-corrected chi connectivity index (χ3v) is 5.42. The van der Waals surface area contributed by atoms with E-state index in [0.717, 1.165) is 24.0 Å². The van der Waals surface area contributed by atoms with E-state index in [9.17, 15) is 19.6 Å². The van der Waals surface area contributed by atoms with Crippen LogP contribution >= 0.6 is 0 Å². The van der Waals surface area contributed by atoms with Crippen LogP contribution in [0.2, 0.25) is 0 Å². The molecule has 0 aromatic heterocycles. The summed E-state index contributed by atoms with van der Waals surface area (Å²) in [6, 6.07) is 15.0. The average molecular weight is 374 g/mol. The molecule has 2 aromatic rings. The fourth-order valence-corrected chi connectivity index (χ4v) is 3.74. The Morgan fingerprint density at radius 1 is 1.14 bits per heavy atom. The molecule has 2 fully saturated rings. The van der Waals surface area contributed by atoms with Crippen molar-refractivity contribution in [2.75, 3.05) is 6.61 Å². The van der Waals surface area contributed by atoms with Crippen LogP contribution in [-0.4, -0.2) is 34.6 Å². The maximum absolute atomic E-state index is 13.7. The largest absolute Gasteiger partial charge is 0.394 e. The normalized spacial score (nSPS) is 23.2. The molecule has 0 spiro atoms. The fourth-order valence-electron chi connectivity index (χ4n) is 3.74. The number of nitriles is 1. The Kier molecular flexibility index (Phi) is 4.86. The molecule has 1 aliphatic heterocycles. The minimum absolute atomic E-state index is 0.0156. The van der Waals surface area contributed by atoms with Crippen LogP contribution in [0.4, 0.5) is 4.39 Å². The second kappa shape index (κ2) is 7.46. The van der Waals surface area contributed by atoms with Gasteiger partial charge >= 0.3 is 0 Å². The van der Waals surface area contributed by atoms with E-state index in [1.807, 2.05) is 24.3 Å². The van der Waals surface area contributed by atoms with Crippen molar-refractivity contribution in [3.05, 3.63) is 71.0 Å². The number of carbonyl (C=O) groups excluding carboxylic acids is 1. The lowest BCUT2D eigenvalue weighted by Gasteiger charge is -2.51. The average Bonchev–Trinajstić information content (AvgIpc) is 3.53. The highest BCUT2D eigenvalue weighted by molar-refractivity contribution is 5.83. The summed E-state index contributed by atoms with van der Waals surface area (Å²) in [5.41, 5.74) is 1.96. The van der Waals surface area contributed by atoms with E-state index in [1.54, 1.807) is 23.1 Å². The second-order valence-electron chi connectivity index (χ2n) is 7.22. The monoisotopic (exact) mass is 374 g/mol. The maximum atomic E-state index is 13.7. The van der Waals surface area contributed by atoms with Crippen LogP contribution in [0.5, 0.6) is 0 Å². The highest BCUT2D eigenvalue weighted by atomic mass is 19.1. The topological polar surface area (TPSA) is 64.3 Å². The van der Waals surface area contributed by atoms with Crippen LogP contribution in [0.25, 0.3) is 0 Å². The minimum atomic E-state index is -0.555. The highest BCUT2D eigenvalue weighted by Crippen LogP contribution is 2.44. The van der Waals surface area contributed by atoms with Gasteiger partial charge in [0, 0.05) is 17.4 Å². The molecule has 28 heavy (non-hydrogen) atoms. The molecular formula is C23H19FN2O2. The van der Waals surface area contributed by atoms with Crippen LogP contribution in [0.1, 0.15) is 35.4 Å². The molecule has 0 bridgehead atoms. The SMILES string of the molecule is N#C[C@@H]1[C@H](c2ccc(C#Cc3ccccc3F)cc2)[C@H](CO)N1C(=O)C1CC1. The molecule has 0 unspecified atom stereocenters. The summed E-state index contributed by atoms with van der Waals surface area (Å²) in [5, 5.41) is 19.3. The van der Waals surface area contributed by atoms with Crippen LogP contribution in [0.15, 0.2) is 48.5 Å². The first-order valence-electron chi connectivity index (χ1n) is 9.33. The molecule has 0 radical (unpaired) electrons. The van der Waals surface area contributed by atoms with Crippen molar-refractivity contribution >= 4 is 5.91 Å².